The second-order valence-electron chi connectivity index (χ2n) is 4.83. The first-order valence-electron chi connectivity index (χ1n) is 7.23. The minimum atomic E-state index is 0.235. The number of nitrogens with zero attached hydrogens (tertiary/aromatic N) is 2. The molecule has 0 spiro atoms. The van der Waals surface area contributed by atoms with Crippen LogP contribution in [0.3, 0.4) is 0 Å². The summed E-state index contributed by atoms with van der Waals surface area (Å²) in [6, 6.07) is 15.0. The van der Waals surface area contributed by atoms with Gasteiger partial charge in [-0.1, -0.05) is 41.0 Å². The van der Waals surface area contributed by atoms with Gasteiger partial charge in [-0.15, -0.1) is 0 Å². The second kappa shape index (κ2) is 8.21. The molecular formula is C18H17ClN2O2. The highest BCUT2D eigenvalue weighted by atomic mass is 35.5. The van der Waals surface area contributed by atoms with E-state index in [1.54, 1.807) is 6.07 Å². The van der Waals surface area contributed by atoms with Gasteiger partial charge in [-0.05, 0) is 43.2 Å². The van der Waals surface area contributed by atoms with Crippen molar-refractivity contribution >= 4 is 17.3 Å². The number of rotatable bonds is 6. The van der Waals surface area contributed by atoms with Gasteiger partial charge in [0.2, 0.25) is 0 Å². The van der Waals surface area contributed by atoms with Crippen LogP contribution in [0, 0.1) is 18.3 Å². The van der Waals surface area contributed by atoms with Crippen molar-refractivity contribution in [1.29, 1.82) is 5.26 Å². The van der Waals surface area contributed by atoms with Gasteiger partial charge in [0.1, 0.15) is 25.0 Å². The maximum atomic E-state index is 9.27. The largest absolute Gasteiger partial charge is 0.489 e. The molecule has 2 aromatic rings. The number of aryl methyl sites for hydroxylation is 1. The van der Waals surface area contributed by atoms with Gasteiger partial charge >= 0.3 is 0 Å². The Labute approximate surface area is 140 Å². The molecule has 4 nitrogen and oxygen atoms in total. The van der Waals surface area contributed by atoms with Crippen molar-refractivity contribution in [3.05, 3.63) is 64.2 Å². The molecule has 0 aliphatic heterocycles. The van der Waals surface area contributed by atoms with Crippen molar-refractivity contribution in [2.45, 2.75) is 20.5 Å². The van der Waals surface area contributed by atoms with Crippen LogP contribution in [0.1, 0.15) is 23.6 Å². The average Bonchev–Trinajstić information content (AvgIpc) is 2.56. The highest BCUT2D eigenvalue weighted by Crippen LogP contribution is 2.23. The zero-order valence-electron chi connectivity index (χ0n) is 13.0. The van der Waals surface area contributed by atoms with E-state index in [0.29, 0.717) is 23.8 Å². The van der Waals surface area contributed by atoms with Crippen molar-refractivity contribution < 1.29 is 9.57 Å². The summed E-state index contributed by atoms with van der Waals surface area (Å²) < 4.78 is 5.85. The highest BCUT2D eigenvalue weighted by Gasteiger charge is 2.10. The molecule has 0 radical (unpaired) electrons. The predicted molar refractivity (Wildman–Crippen MR) is 90.7 cm³/mol. The fourth-order valence-electron chi connectivity index (χ4n) is 2.07. The molecule has 0 bridgehead atoms. The van der Waals surface area contributed by atoms with Gasteiger partial charge in [0.05, 0.1) is 0 Å². The molecule has 5 heteroatoms. The summed E-state index contributed by atoms with van der Waals surface area (Å²) in [5, 5.41) is 13.8. The first-order chi connectivity index (χ1) is 11.2. The van der Waals surface area contributed by atoms with Crippen molar-refractivity contribution in [2.24, 2.45) is 5.16 Å². The minimum Gasteiger partial charge on any atom is -0.489 e. The zero-order valence-corrected chi connectivity index (χ0v) is 13.8. The number of ether oxygens (including phenoxy) is 1. The van der Waals surface area contributed by atoms with Crippen molar-refractivity contribution in [1.82, 2.24) is 0 Å². The fraction of sp³-hybridized carbons (Fsp3) is 0.222. The van der Waals surface area contributed by atoms with Crippen LogP contribution in [0.4, 0.5) is 0 Å². The number of hydrogen-bond acceptors (Lipinski definition) is 4. The van der Waals surface area contributed by atoms with E-state index in [-0.39, 0.29) is 5.71 Å². The third-order valence-corrected chi connectivity index (χ3v) is 3.42. The van der Waals surface area contributed by atoms with Crippen LogP contribution in [0.25, 0.3) is 0 Å². The molecule has 0 atom stereocenters. The molecule has 0 aliphatic carbocycles. The molecule has 0 aliphatic rings. The van der Waals surface area contributed by atoms with Gasteiger partial charge in [-0.3, -0.25) is 0 Å². The van der Waals surface area contributed by atoms with Gasteiger partial charge in [-0.2, -0.15) is 5.26 Å². The molecule has 2 aromatic carbocycles. The zero-order chi connectivity index (χ0) is 16.7. The quantitative estimate of drug-likeness (QED) is 0.580. The van der Waals surface area contributed by atoms with Crippen LogP contribution in [-0.2, 0) is 11.4 Å². The van der Waals surface area contributed by atoms with Crippen molar-refractivity contribution in [3.63, 3.8) is 0 Å². The van der Waals surface area contributed by atoms with Crippen LogP contribution in [-0.4, -0.2) is 12.3 Å². The van der Waals surface area contributed by atoms with Gasteiger partial charge < -0.3 is 9.57 Å². The average molecular weight is 329 g/mol. The Hall–Kier alpha value is -2.51. The number of nitriles is 1. The third kappa shape index (κ3) is 4.48. The van der Waals surface area contributed by atoms with E-state index in [1.807, 2.05) is 50.2 Å². The second-order valence-corrected chi connectivity index (χ2v) is 5.26. The standard InChI is InChI=1S/C18H17ClN2O2/c1-3-23-21-17(11-20)16-7-5-4-6-14(16)12-22-18-9-8-15(19)10-13(18)2/h4-10H,3,12H2,1-2H3/b21-17+. The summed E-state index contributed by atoms with van der Waals surface area (Å²) >= 11 is 5.95. The number of hydrogen-bond donors (Lipinski definition) is 0. The Morgan fingerprint density at radius 2 is 2.04 bits per heavy atom. The maximum Gasteiger partial charge on any atom is 0.187 e. The normalized spacial score (nSPS) is 11.0. The third-order valence-electron chi connectivity index (χ3n) is 3.18. The molecule has 0 unspecified atom stereocenters. The van der Waals surface area contributed by atoms with Gasteiger partial charge in [0, 0.05) is 10.6 Å². The van der Waals surface area contributed by atoms with E-state index in [9.17, 15) is 5.26 Å². The van der Waals surface area contributed by atoms with Crippen LogP contribution in [0.5, 0.6) is 5.75 Å². The smallest absolute Gasteiger partial charge is 0.187 e. The summed E-state index contributed by atoms with van der Waals surface area (Å²) in [6.45, 7) is 4.49. The molecule has 0 saturated carbocycles. The summed E-state index contributed by atoms with van der Waals surface area (Å²) in [7, 11) is 0. The lowest BCUT2D eigenvalue weighted by Gasteiger charge is -2.12. The molecule has 0 N–H and O–H groups in total. The van der Waals surface area contributed by atoms with Crippen LogP contribution < -0.4 is 4.74 Å². The molecule has 118 valence electrons. The minimum absolute atomic E-state index is 0.235. The number of oxime groups is 1. The lowest BCUT2D eigenvalue weighted by molar-refractivity contribution is 0.159. The first kappa shape index (κ1) is 16.9. The number of halogens is 1. The molecule has 0 heterocycles. The summed E-state index contributed by atoms with van der Waals surface area (Å²) in [5.74, 6) is 0.754. The van der Waals surface area contributed by atoms with Crippen molar-refractivity contribution in [3.8, 4) is 11.8 Å². The SMILES string of the molecule is CCO/N=C(\C#N)c1ccccc1COc1ccc(Cl)cc1C. The lowest BCUT2D eigenvalue weighted by Crippen LogP contribution is -2.07. The van der Waals surface area contributed by atoms with Crippen LogP contribution >= 0.6 is 11.6 Å². The Bertz CT molecular complexity index is 751. The van der Waals surface area contributed by atoms with Crippen LogP contribution in [0.2, 0.25) is 5.02 Å². The topological polar surface area (TPSA) is 54.6 Å². The van der Waals surface area contributed by atoms with E-state index < -0.39 is 0 Å². The Kier molecular flexibility index (Phi) is 6.02. The van der Waals surface area contributed by atoms with E-state index >= 15 is 0 Å². The Morgan fingerprint density at radius 3 is 2.74 bits per heavy atom. The van der Waals surface area contributed by atoms with E-state index in [2.05, 4.69) is 11.2 Å². The molecule has 0 fully saturated rings. The molecule has 0 amide bonds. The van der Waals surface area contributed by atoms with E-state index in [4.69, 9.17) is 21.2 Å². The molecule has 23 heavy (non-hydrogen) atoms. The maximum absolute atomic E-state index is 9.27. The molecular weight excluding hydrogens is 312 g/mol. The summed E-state index contributed by atoms with van der Waals surface area (Å²) in [4.78, 5) is 5.00. The lowest BCUT2D eigenvalue weighted by atomic mass is 10.0. The Balaban J connectivity index is 2.22. The Morgan fingerprint density at radius 1 is 1.26 bits per heavy atom. The van der Waals surface area contributed by atoms with Gasteiger partial charge in [-0.25, -0.2) is 0 Å². The molecule has 0 saturated heterocycles. The first-order valence-corrected chi connectivity index (χ1v) is 7.60. The van der Waals surface area contributed by atoms with E-state index in [0.717, 1.165) is 16.9 Å². The molecule has 2 rings (SSSR count). The fourth-order valence-corrected chi connectivity index (χ4v) is 2.29. The monoisotopic (exact) mass is 328 g/mol. The summed E-state index contributed by atoms with van der Waals surface area (Å²) in [6.07, 6.45) is 0. The molecule has 0 aromatic heterocycles. The van der Waals surface area contributed by atoms with Crippen molar-refractivity contribution in [2.75, 3.05) is 6.61 Å². The van der Waals surface area contributed by atoms with Gasteiger partial charge in [0.15, 0.2) is 5.71 Å². The van der Waals surface area contributed by atoms with Gasteiger partial charge in [0.25, 0.3) is 0 Å². The predicted octanol–water partition coefficient (Wildman–Crippen LogP) is 4.49. The number of benzene rings is 2. The van der Waals surface area contributed by atoms with E-state index in [1.165, 1.54) is 0 Å². The summed E-state index contributed by atoms with van der Waals surface area (Å²) in [5.41, 5.74) is 2.76. The highest BCUT2D eigenvalue weighted by molar-refractivity contribution is 6.30. The van der Waals surface area contributed by atoms with Crippen LogP contribution in [0.15, 0.2) is 47.6 Å².